The van der Waals surface area contributed by atoms with Crippen LogP contribution in [0.3, 0.4) is 0 Å². The number of hydrogen-bond acceptors (Lipinski definition) is 5. The van der Waals surface area contributed by atoms with Crippen molar-refractivity contribution in [3.05, 3.63) is 24.3 Å². The van der Waals surface area contributed by atoms with Crippen LogP contribution in [0.5, 0.6) is 5.75 Å². The van der Waals surface area contributed by atoms with Gasteiger partial charge in [0.05, 0.1) is 19.0 Å². The number of ether oxygens (including phenoxy) is 2. The molecule has 1 aromatic rings. The van der Waals surface area contributed by atoms with E-state index in [-0.39, 0.29) is 24.8 Å². The van der Waals surface area contributed by atoms with Crippen molar-refractivity contribution in [1.82, 2.24) is 4.90 Å². The summed E-state index contributed by atoms with van der Waals surface area (Å²) in [4.78, 5) is 26.8. The van der Waals surface area contributed by atoms with E-state index in [2.05, 4.69) is 0 Å². The van der Waals surface area contributed by atoms with Gasteiger partial charge in [-0.1, -0.05) is 0 Å². The topological polar surface area (TPSA) is 76.1 Å². The number of carbonyl (C=O) groups is 2. The second kappa shape index (κ2) is 9.10. The van der Waals surface area contributed by atoms with Crippen LogP contribution in [0, 0.1) is 5.41 Å². The second-order valence-electron chi connectivity index (χ2n) is 6.13. The van der Waals surface area contributed by atoms with Gasteiger partial charge in [0.15, 0.2) is 0 Å². The normalized spacial score (nSPS) is 20.3. The van der Waals surface area contributed by atoms with Crippen molar-refractivity contribution in [2.45, 2.75) is 24.7 Å². The van der Waals surface area contributed by atoms with Gasteiger partial charge in [-0.2, -0.15) is 0 Å². The summed E-state index contributed by atoms with van der Waals surface area (Å²) in [7, 11) is 1.49. The molecule has 0 aliphatic carbocycles. The Morgan fingerprint density at radius 1 is 1.32 bits per heavy atom. The summed E-state index contributed by atoms with van der Waals surface area (Å²) in [5, 5.41) is 9.56. The largest absolute Gasteiger partial charge is 0.494 e. The summed E-state index contributed by atoms with van der Waals surface area (Å²) in [6.07, 6.45) is 1.21. The van der Waals surface area contributed by atoms with Crippen molar-refractivity contribution in [2.24, 2.45) is 5.41 Å². The Balaban J connectivity index is 1.92. The molecule has 7 heteroatoms. The third-order valence-corrected chi connectivity index (χ3v) is 5.30. The number of hydrogen-bond donors (Lipinski definition) is 1. The summed E-state index contributed by atoms with van der Waals surface area (Å²) in [5.74, 6) is 0.155. The standard InChI is InChI=1S/C18H25NO5S/c1-3-24-14-5-7-15(8-6-14)25-11-16(20)19-10-4-9-18(12-19,13-23-2)17(21)22/h5-8H,3-4,9-13H2,1-2H3,(H,21,22). The van der Waals surface area contributed by atoms with Crippen LogP contribution in [0.4, 0.5) is 0 Å². The number of amides is 1. The van der Waals surface area contributed by atoms with Crippen molar-refractivity contribution in [2.75, 3.05) is 39.2 Å². The van der Waals surface area contributed by atoms with Crippen molar-refractivity contribution in [1.29, 1.82) is 0 Å². The minimum atomic E-state index is -0.994. The van der Waals surface area contributed by atoms with Gasteiger partial charge in [0.1, 0.15) is 11.2 Å². The fourth-order valence-electron chi connectivity index (χ4n) is 3.01. The van der Waals surface area contributed by atoms with Crippen LogP contribution < -0.4 is 4.74 Å². The summed E-state index contributed by atoms with van der Waals surface area (Å²) >= 11 is 1.45. The first-order valence-electron chi connectivity index (χ1n) is 8.36. The lowest BCUT2D eigenvalue weighted by molar-refractivity contribution is -0.158. The molecule has 1 unspecified atom stereocenters. The summed E-state index contributed by atoms with van der Waals surface area (Å²) in [5.41, 5.74) is -0.994. The molecule has 1 heterocycles. The minimum Gasteiger partial charge on any atom is -0.494 e. The van der Waals surface area contributed by atoms with E-state index in [1.165, 1.54) is 18.9 Å². The molecular formula is C18H25NO5S. The van der Waals surface area contributed by atoms with Gasteiger partial charge in [-0.05, 0) is 44.0 Å². The van der Waals surface area contributed by atoms with Gasteiger partial charge >= 0.3 is 5.97 Å². The number of piperidine rings is 1. The number of thioether (sulfide) groups is 1. The van der Waals surface area contributed by atoms with Crippen LogP contribution in [-0.4, -0.2) is 61.0 Å². The van der Waals surface area contributed by atoms with Gasteiger partial charge in [0.25, 0.3) is 0 Å². The first kappa shape index (κ1) is 19.6. The molecule has 1 amide bonds. The Morgan fingerprint density at radius 3 is 2.64 bits per heavy atom. The highest BCUT2D eigenvalue weighted by molar-refractivity contribution is 8.00. The van der Waals surface area contributed by atoms with E-state index >= 15 is 0 Å². The van der Waals surface area contributed by atoms with E-state index < -0.39 is 11.4 Å². The predicted octanol–water partition coefficient (Wildman–Crippen LogP) is 2.52. The first-order chi connectivity index (χ1) is 12.0. The fourth-order valence-corrected chi connectivity index (χ4v) is 3.81. The van der Waals surface area contributed by atoms with E-state index in [1.54, 1.807) is 4.90 Å². The van der Waals surface area contributed by atoms with E-state index in [1.807, 2.05) is 31.2 Å². The smallest absolute Gasteiger partial charge is 0.313 e. The van der Waals surface area contributed by atoms with Gasteiger partial charge in [0.2, 0.25) is 5.91 Å². The zero-order valence-corrected chi connectivity index (χ0v) is 15.5. The third kappa shape index (κ3) is 5.12. The average molecular weight is 367 g/mol. The number of nitrogens with zero attached hydrogens (tertiary/aromatic N) is 1. The molecule has 0 bridgehead atoms. The highest BCUT2D eigenvalue weighted by Gasteiger charge is 2.43. The molecule has 1 fully saturated rings. The Bertz CT molecular complexity index is 588. The Kier molecular flexibility index (Phi) is 7.13. The van der Waals surface area contributed by atoms with Crippen molar-refractivity contribution in [3.63, 3.8) is 0 Å². The third-order valence-electron chi connectivity index (χ3n) is 4.30. The Hall–Kier alpha value is -1.73. The summed E-state index contributed by atoms with van der Waals surface area (Å²) in [6.45, 7) is 3.48. The van der Waals surface area contributed by atoms with Gasteiger partial charge in [-0.3, -0.25) is 9.59 Å². The van der Waals surface area contributed by atoms with Crippen LogP contribution in [0.2, 0.25) is 0 Å². The number of carboxylic acids is 1. The van der Waals surface area contributed by atoms with Crippen LogP contribution >= 0.6 is 11.8 Å². The zero-order valence-electron chi connectivity index (χ0n) is 14.7. The molecule has 1 aliphatic heterocycles. The number of likely N-dealkylation sites (tertiary alicyclic amines) is 1. The highest BCUT2D eigenvalue weighted by Crippen LogP contribution is 2.31. The Morgan fingerprint density at radius 2 is 2.04 bits per heavy atom. The monoisotopic (exact) mass is 367 g/mol. The lowest BCUT2D eigenvalue weighted by Gasteiger charge is -2.39. The van der Waals surface area contributed by atoms with Crippen molar-refractivity contribution < 1.29 is 24.2 Å². The van der Waals surface area contributed by atoms with Gasteiger partial charge in [-0.25, -0.2) is 0 Å². The molecule has 0 spiro atoms. The average Bonchev–Trinajstić information content (AvgIpc) is 2.61. The SMILES string of the molecule is CCOc1ccc(SCC(=O)N2CCCC(COC)(C(=O)O)C2)cc1. The number of methoxy groups -OCH3 is 1. The number of carboxylic acid groups (broad SMARTS) is 1. The molecular weight excluding hydrogens is 342 g/mol. The molecule has 1 aromatic carbocycles. The molecule has 0 radical (unpaired) electrons. The van der Waals surface area contributed by atoms with Gasteiger partial charge in [-0.15, -0.1) is 11.8 Å². The molecule has 1 N–H and O–H groups in total. The molecule has 0 aromatic heterocycles. The number of benzene rings is 1. The molecule has 0 saturated carbocycles. The number of aliphatic carboxylic acids is 1. The molecule has 25 heavy (non-hydrogen) atoms. The van der Waals surface area contributed by atoms with E-state index in [4.69, 9.17) is 9.47 Å². The lowest BCUT2D eigenvalue weighted by Crippen LogP contribution is -2.52. The van der Waals surface area contributed by atoms with Crippen LogP contribution in [-0.2, 0) is 14.3 Å². The molecule has 138 valence electrons. The molecule has 2 rings (SSSR count). The fraction of sp³-hybridized carbons (Fsp3) is 0.556. The maximum atomic E-state index is 12.5. The number of rotatable bonds is 8. The highest BCUT2D eigenvalue weighted by atomic mass is 32.2. The zero-order chi connectivity index (χ0) is 18.3. The molecule has 1 aliphatic rings. The quantitative estimate of drug-likeness (QED) is 0.712. The van der Waals surface area contributed by atoms with Gasteiger partial charge < -0.3 is 19.5 Å². The molecule has 1 saturated heterocycles. The minimum absolute atomic E-state index is 0.0414. The first-order valence-corrected chi connectivity index (χ1v) is 9.35. The molecule has 1 atom stereocenters. The van der Waals surface area contributed by atoms with Crippen molar-refractivity contribution >= 4 is 23.6 Å². The lowest BCUT2D eigenvalue weighted by atomic mass is 9.80. The maximum absolute atomic E-state index is 12.5. The summed E-state index contributed by atoms with van der Waals surface area (Å²) in [6, 6.07) is 7.60. The maximum Gasteiger partial charge on any atom is 0.313 e. The summed E-state index contributed by atoms with van der Waals surface area (Å²) < 4.78 is 10.5. The predicted molar refractivity (Wildman–Crippen MR) is 96.1 cm³/mol. The second-order valence-corrected chi connectivity index (χ2v) is 7.18. The van der Waals surface area contributed by atoms with E-state index in [0.717, 1.165) is 10.6 Å². The Labute approximate surface area is 152 Å². The van der Waals surface area contributed by atoms with E-state index in [9.17, 15) is 14.7 Å². The van der Waals surface area contributed by atoms with Crippen molar-refractivity contribution in [3.8, 4) is 5.75 Å². The van der Waals surface area contributed by atoms with Gasteiger partial charge in [0, 0.05) is 25.1 Å². The van der Waals surface area contributed by atoms with Crippen LogP contribution in [0.15, 0.2) is 29.2 Å². The molecule has 6 nitrogen and oxygen atoms in total. The van der Waals surface area contributed by atoms with Crippen LogP contribution in [0.1, 0.15) is 19.8 Å². The van der Waals surface area contributed by atoms with Crippen LogP contribution in [0.25, 0.3) is 0 Å². The van der Waals surface area contributed by atoms with E-state index in [0.29, 0.717) is 26.0 Å². The number of carbonyl (C=O) groups excluding carboxylic acids is 1.